The minimum absolute atomic E-state index is 0.184. The van der Waals surface area contributed by atoms with E-state index in [0.717, 1.165) is 25.3 Å². The Morgan fingerprint density at radius 1 is 1.11 bits per heavy atom. The number of nitrogens with zero attached hydrogens (tertiary/aromatic N) is 2. The fourth-order valence-electron chi connectivity index (χ4n) is 4.49. The van der Waals surface area contributed by atoms with E-state index in [1.807, 2.05) is 6.08 Å². The largest absolute Gasteiger partial charge is 0.372 e. The highest BCUT2D eigenvalue weighted by molar-refractivity contribution is 5.99. The van der Waals surface area contributed by atoms with Crippen molar-refractivity contribution in [2.45, 2.75) is 59.3 Å². The molecule has 0 saturated carbocycles. The Morgan fingerprint density at radius 3 is 2.36 bits per heavy atom. The zero-order chi connectivity index (χ0) is 20.3. The lowest BCUT2D eigenvalue weighted by atomic mass is 9.89. The first-order valence-electron chi connectivity index (χ1n) is 10.2. The first kappa shape index (κ1) is 20.4. The number of nitrogens with one attached hydrogen (secondary N) is 1. The minimum atomic E-state index is 0.184. The quantitative estimate of drug-likeness (QED) is 0.771. The highest BCUT2D eigenvalue weighted by Gasteiger charge is 2.31. The molecule has 3 rings (SSSR count). The number of hydrogen-bond donors (Lipinski definition) is 1. The molecule has 0 aromatic heterocycles. The van der Waals surface area contributed by atoms with Gasteiger partial charge in [0, 0.05) is 19.5 Å². The van der Waals surface area contributed by atoms with E-state index in [4.69, 9.17) is 9.84 Å². The van der Waals surface area contributed by atoms with Gasteiger partial charge in [0.25, 0.3) is 0 Å². The van der Waals surface area contributed by atoms with Crippen LogP contribution in [0.5, 0.6) is 0 Å². The van der Waals surface area contributed by atoms with Crippen molar-refractivity contribution in [1.82, 2.24) is 10.3 Å². The fourth-order valence-corrected chi connectivity index (χ4v) is 4.49. The topological polar surface area (TPSA) is 36.9 Å². The maximum atomic E-state index is 5.91. The third-order valence-corrected chi connectivity index (χ3v) is 5.39. The molecule has 0 bridgehead atoms. The van der Waals surface area contributed by atoms with E-state index >= 15 is 0 Å². The van der Waals surface area contributed by atoms with Gasteiger partial charge in [-0.25, -0.2) is 0 Å². The first-order chi connectivity index (χ1) is 13.4. The average molecular weight is 380 g/mol. The number of benzene rings is 1. The summed E-state index contributed by atoms with van der Waals surface area (Å²) in [5.41, 5.74) is 10.0. The summed E-state index contributed by atoms with van der Waals surface area (Å²) in [6.07, 6.45) is 9.33. The number of ether oxygens (including phenoxy) is 1. The van der Waals surface area contributed by atoms with Gasteiger partial charge in [0.05, 0.1) is 18.2 Å². The summed E-state index contributed by atoms with van der Waals surface area (Å²) in [5, 5.41) is 4.85. The number of rotatable bonds is 3. The molecule has 2 aliphatic heterocycles. The van der Waals surface area contributed by atoms with Crippen molar-refractivity contribution in [3.8, 4) is 0 Å². The van der Waals surface area contributed by atoms with Crippen LogP contribution in [-0.2, 0) is 4.74 Å². The third kappa shape index (κ3) is 4.56. The Kier molecular flexibility index (Phi) is 6.40. The standard InChI is InChI=1S/C24H33N3O/c1-7-8-9-10-21-13-22(23-17(3)11-16(2)12-18(23)4)25-26-24(21)27-14-19(5)28-20(6)15-27/h7-12,19-20,22,25H,1,13-15H2,2-6H3/b9-8-,21-10+. The van der Waals surface area contributed by atoms with Crippen molar-refractivity contribution in [1.29, 1.82) is 0 Å². The number of aryl methyl sites for hydroxylation is 3. The molecule has 3 unspecified atom stereocenters. The van der Waals surface area contributed by atoms with Gasteiger partial charge in [-0.05, 0) is 56.9 Å². The van der Waals surface area contributed by atoms with Crippen molar-refractivity contribution in [2.24, 2.45) is 5.10 Å². The molecule has 4 nitrogen and oxygen atoms in total. The molecule has 1 saturated heterocycles. The summed E-state index contributed by atoms with van der Waals surface area (Å²) >= 11 is 0. The zero-order valence-corrected chi connectivity index (χ0v) is 17.8. The molecule has 0 aliphatic carbocycles. The van der Waals surface area contributed by atoms with Crippen LogP contribution < -0.4 is 5.43 Å². The van der Waals surface area contributed by atoms with E-state index in [0.29, 0.717) is 0 Å². The van der Waals surface area contributed by atoms with Crippen molar-refractivity contribution in [3.63, 3.8) is 0 Å². The number of allylic oxidation sites excluding steroid dienone is 4. The van der Waals surface area contributed by atoms with E-state index in [1.54, 1.807) is 6.08 Å². The van der Waals surface area contributed by atoms with Crippen LogP contribution in [0.15, 0.2) is 53.7 Å². The molecule has 1 fully saturated rings. The van der Waals surface area contributed by atoms with E-state index < -0.39 is 0 Å². The van der Waals surface area contributed by atoms with Crippen molar-refractivity contribution >= 4 is 5.84 Å². The molecule has 0 amide bonds. The Labute approximate surface area is 169 Å². The van der Waals surface area contributed by atoms with Gasteiger partial charge in [0.1, 0.15) is 0 Å². The van der Waals surface area contributed by atoms with E-state index in [2.05, 4.69) is 75.8 Å². The van der Waals surface area contributed by atoms with Gasteiger partial charge in [-0.1, -0.05) is 48.6 Å². The van der Waals surface area contributed by atoms with Crippen LogP contribution in [0.25, 0.3) is 0 Å². The lowest BCUT2D eigenvalue weighted by molar-refractivity contribution is -0.0482. The summed E-state index contributed by atoms with van der Waals surface area (Å²) < 4.78 is 5.91. The molecule has 2 heterocycles. The Balaban J connectivity index is 1.94. The van der Waals surface area contributed by atoms with Crippen LogP contribution >= 0.6 is 0 Å². The second-order valence-electron chi connectivity index (χ2n) is 8.11. The molecule has 150 valence electrons. The van der Waals surface area contributed by atoms with E-state index in [-0.39, 0.29) is 18.2 Å². The molecule has 1 aromatic carbocycles. The molecule has 1 aromatic rings. The molecule has 0 radical (unpaired) electrons. The van der Waals surface area contributed by atoms with Gasteiger partial charge in [-0.2, -0.15) is 5.10 Å². The summed E-state index contributed by atoms with van der Waals surface area (Å²) in [4.78, 5) is 2.35. The van der Waals surface area contributed by atoms with Crippen molar-refractivity contribution in [2.75, 3.05) is 13.1 Å². The maximum absolute atomic E-state index is 5.91. The molecule has 2 aliphatic rings. The van der Waals surface area contributed by atoms with Crippen molar-refractivity contribution in [3.05, 3.63) is 70.8 Å². The van der Waals surface area contributed by atoms with Gasteiger partial charge in [0.2, 0.25) is 0 Å². The highest BCUT2D eigenvalue weighted by Crippen LogP contribution is 2.32. The summed E-state index contributed by atoms with van der Waals surface area (Å²) in [6, 6.07) is 4.70. The maximum Gasteiger partial charge on any atom is 0.151 e. The van der Waals surface area contributed by atoms with Crippen LogP contribution in [-0.4, -0.2) is 36.0 Å². The summed E-state index contributed by atoms with van der Waals surface area (Å²) in [6.45, 7) is 16.3. The predicted octanol–water partition coefficient (Wildman–Crippen LogP) is 4.74. The third-order valence-electron chi connectivity index (χ3n) is 5.39. The van der Waals surface area contributed by atoms with Gasteiger partial charge >= 0.3 is 0 Å². The molecule has 1 N–H and O–H groups in total. The normalized spacial score (nSPS) is 27.0. The fraction of sp³-hybridized carbons (Fsp3) is 0.458. The smallest absolute Gasteiger partial charge is 0.151 e. The number of hydrazone groups is 1. The first-order valence-corrected chi connectivity index (χ1v) is 10.2. The Bertz CT molecular complexity index is 788. The second-order valence-corrected chi connectivity index (χ2v) is 8.11. The van der Waals surface area contributed by atoms with Crippen LogP contribution in [0.1, 0.15) is 48.6 Å². The van der Waals surface area contributed by atoms with Gasteiger partial charge < -0.3 is 15.1 Å². The molecule has 0 spiro atoms. The summed E-state index contributed by atoms with van der Waals surface area (Å²) in [7, 11) is 0. The molecular weight excluding hydrogens is 346 g/mol. The van der Waals surface area contributed by atoms with E-state index in [1.165, 1.54) is 27.8 Å². The summed E-state index contributed by atoms with van der Waals surface area (Å²) in [5.74, 6) is 1.04. The van der Waals surface area contributed by atoms with Crippen LogP contribution in [0, 0.1) is 20.8 Å². The minimum Gasteiger partial charge on any atom is -0.372 e. The van der Waals surface area contributed by atoms with Gasteiger partial charge in [-0.3, -0.25) is 0 Å². The molecule has 4 heteroatoms. The SMILES string of the molecule is C=C/C=C\C=C1/CC(c2c(C)cc(C)cc2C)NN=C1N1CC(C)OC(C)C1. The lowest BCUT2D eigenvalue weighted by Crippen LogP contribution is -2.50. The zero-order valence-electron chi connectivity index (χ0n) is 17.8. The van der Waals surface area contributed by atoms with Crippen LogP contribution in [0.4, 0.5) is 0 Å². The van der Waals surface area contributed by atoms with Crippen LogP contribution in [0.2, 0.25) is 0 Å². The lowest BCUT2D eigenvalue weighted by Gasteiger charge is -2.40. The average Bonchev–Trinajstić information content (AvgIpc) is 2.60. The van der Waals surface area contributed by atoms with Crippen LogP contribution in [0.3, 0.4) is 0 Å². The molecule has 28 heavy (non-hydrogen) atoms. The van der Waals surface area contributed by atoms with Gasteiger partial charge in [-0.15, -0.1) is 0 Å². The molecule has 3 atom stereocenters. The molecular formula is C24H33N3O. The monoisotopic (exact) mass is 379 g/mol. The Hall–Kier alpha value is -2.33. The number of amidine groups is 1. The predicted molar refractivity (Wildman–Crippen MR) is 118 cm³/mol. The van der Waals surface area contributed by atoms with Crippen molar-refractivity contribution < 1.29 is 4.74 Å². The van der Waals surface area contributed by atoms with Gasteiger partial charge in [0.15, 0.2) is 5.84 Å². The highest BCUT2D eigenvalue weighted by atomic mass is 16.5. The van der Waals surface area contributed by atoms with E-state index in [9.17, 15) is 0 Å². The number of hydrogen-bond acceptors (Lipinski definition) is 4. The Morgan fingerprint density at radius 2 is 1.75 bits per heavy atom. The second kappa shape index (κ2) is 8.78. The number of morpholine rings is 1.